The van der Waals surface area contributed by atoms with Crippen molar-refractivity contribution in [3.63, 3.8) is 0 Å². The van der Waals surface area contributed by atoms with Crippen molar-refractivity contribution in [3.05, 3.63) is 5.01 Å². The molecule has 0 aromatic carbocycles. The van der Waals surface area contributed by atoms with E-state index < -0.39 is 0 Å². The fourth-order valence-electron chi connectivity index (χ4n) is 1.14. The average Bonchev–Trinajstić information content (AvgIpc) is 2.72. The summed E-state index contributed by atoms with van der Waals surface area (Å²) in [6.45, 7) is 3.35. The number of hydrogen-bond donors (Lipinski definition) is 2. The lowest BCUT2D eigenvalue weighted by molar-refractivity contribution is 0.296. The molecule has 0 radical (unpaired) electrons. The van der Waals surface area contributed by atoms with Crippen molar-refractivity contribution in [2.75, 3.05) is 30.0 Å². The number of aryl methyl sites for hydroxylation is 1. The van der Waals surface area contributed by atoms with Gasteiger partial charge in [0.1, 0.15) is 5.01 Å². The van der Waals surface area contributed by atoms with E-state index in [4.69, 9.17) is 5.11 Å². The fraction of sp³-hybridized carbons (Fsp3) is 0.800. The van der Waals surface area contributed by atoms with Crippen molar-refractivity contribution in [3.8, 4) is 0 Å². The minimum atomic E-state index is 0.289. The molecule has 0 saturated carbocycles. The summed E-state index contributed by atoms with van der Waals surface area (Å²) in [5, 5.41) is 22.1. The molecule has 0 aliphatic heterocycles. The zero-order valence-corrected chi connectivity index (χ0v) is 11.2. The van der Waals surface area contributed by atoms with Crippen LogP contribution in [-0.2, 0) is 6.42 Å². The topological polar surface area (TPSA) is 58.0 Å². The molecule has 2 N–H and O–H groups in total. The van der Waals surface area contributed by atoms with Crippen LogP contribution in [0.2, 0.25) is 0 Å². The van der Waals surface area contributed by atoms with Crippen molar-refractivity contribution in [1.82, 2.24) is 10.2 Å². The first-order chi connectivity index (χ1) is 7.86. The fourth-order valence-corrected chi connectivity index (χ4v) is 2.79. The number of rotatable bonds is 9. The lowest BCUT2D eigenvalue weighted by Gasteiger charge is -2.01. The van der Waals surface area contributed by atoms with Crippen LogP contribution < -0.4 is 5.32 Å². The molecule has 1 rings (SSSR count). The molecule has 0 spiro atoms. The van der Waals surface area contributed by atoms with Gasteiger partial charge in [0.15, 0.2) is 0 Å². The SMILES string of the molecule is CCCc1nnc(NCCSCCCO)s1. The molecule has 0 fully saturated rings. The van der Waals surface area contributed by atoms with E-state index in [9.17, 15) is 0 Å². The summed E-state index contributed by atoms with van der Waals surface area (Å²) in [4.78, 5) is 0. The van der Waals surface area contributed by atoms with E-state index in [0.29, 0.717) is 0 Å². The summed E-state index contributed by atoms with van der Waals surface area (Å²) in [5.74, 6) is 2.07. The van der Waals surface area contributed by atoms with E-state index >= 15 is 0 Å². The molecule has 6 heteroatoms. The van der Waals surface area contributed by atoms with Crippen LogP contribution in [0, 0.1) is 0 Å². The Hall–Kier alpha value is -0.330. The predicted octanol–water partition coefficient (Wildman–Crippen LogP) is 2.02. The van der Waals surface area contributed by atoms with Gasteiger partial charge in [0, 0.05) is 25.3 Å². The standard InChI is InChI=1S/C10H19N3OS2/c1-2-4-9-12-13-10(16-9)11-5-8-15-7-3-6-14/h14H,2-8H2,1H3,(H,11,13). The Morgan fingerprint density at radius 1 is 1.38 bits per heavy atom. The van der Waals surface area contributed by atoms with E-state index in [1.807, 2.05) is 11.8 Å². The molecule has 1 aromatic rings. The molecular weight excluding hydrogens is 242 g/mol. The van der Waals surface area contributed by atoms with Crippen molar-refractivity contribution >= 4 is 28.2 Å². The molecule has 92 valence electrons. The molecule has 4 nitrogen and oxygen atoms in total. The van der Waals surface area contributed by atoms with Crippen molar-refractivity contribution < 1.29 is 5.11 Å². The number of thioether (sulfide) groups is 1. The molecule has 0 bridgehead atoms. The van der Waals surface area contributed by atoms with Gasteiger partial charge in [0.05, 0.1) is 0 Å². The number of nitrogens with zero attached hydrogens (tertiary/aromatic N) is 2. The summed E-state index contributed by atoms with van der Waals surface area (Å²) < 4.78 is 0. The van der Waals surface area contributed by atoms with Gasteiger partial charge >= 0.3 is 0 Å². The largest absolute Gasteiger partial charge is 0.396 e. The van der Waals surface area contributed by atoms with Crippen molar-refractivity contribution in [2.45, 2.75) is 26.2 Å². The summed E-state index contributed by atoms with van der Waals surface area (Å²) in [6.07, 6.45) is 3.01. The second-order valence-electron chi connectivity index (χ2n) is 3.37. The van der Waals surface area contributed by atoms with E-state index in [-0.39, 0.29) is 6.61 Å². The Morgan fingerprint density at radius 2 is 2.25 bits per heavy atom. The van der Waals surface area contributed by atoms with Crippen LogP contribution in [0.1, 0.15) is 24.8 Å². The second-order valence-corrected chi connectivity index (χ2v) is 5.65. The zero-order chi connectivity index (χ0) is 11.6. The van der Waals surface area contributed by atoms with Crippen LogP contribution >= 0.6 is 23.1 Å². The normalized spacial score (nSPS) is 10.6. The van der Waals surface area contributed by atoms with E-state index in [1.54, 1.807) is 11.3 Å². The van der Waals surface area contributed by atoms with Crippen LogP contribution in [0.15, 0.2) is 0 Å². The van der Waals surface area contributed by atoms with Crippen LogP contribution in [0.4, 0.5) is 5.13 Å². The number of aromatic nitrogens is 2. The molecule has 1 heterocycles. The van der Waals surface area contributed by atoms with Crippen LogP contribution in [0.3, 0.4) is 0 Å². The van der Waals surface area contributed by atoms with Gasteiger partial charge in [-0.3, -0.25) is 0 Å². The third-order valence-corrected chi connectivity index (χ3v) is 3.91. The van der Waals surface area contributed by atoms with Crippen LogP contribution in [0.5, 0.6) is 0 Å². The van der Waals surface area contributed by atoms with Gasteiger partial charge in [-0.05, 0) is 18.6 Å². The third-order valence-electron chi connectivity index (χ3n) is 1.90. The lowest BCUT2D eigenvalue weighted by atomic mass is 10.4. The Balaban J connectivity index is 2.07. The third kappa shape index (κ3) is 5.67. The molecule has 0 aliphatic carbocycles. The Kier molecular flexibility index (Phi) is 7.54. The second kappa shape index (κ2) is 8.78. The Bertz CT molecular complexity index is 281. The minimum absolute atomic E-state index is 0.289. The number of aliphatic hydroxyl groups is 1. The molecule has 0 saturated heterocycles. The summed E-state index contributed by atoms with van der Waals surface area (Å²) in [6, 6.07) is 0. The highest BCUT2D eigenvalue weighted by atomic mass is 32.2. The number of aliphatic hydroxyl groups excluding tert-OH is 1. The van der Waals surface area contributed by atoms with Gasteiger partial charge < -0.3 is 10.4 Å². The molecule has 0 unspecified atom stereocenters. The molecule has 0 atom stereocenters. The smallest absolute Gasteiger partial charge is 0.205 e. The molecule has 0 amide bonds. The van der Waals surface area contributed by atoms with Crippen LogP contribution in [0.25, 0.3) is 0 Å². The average molecular weight is 261 g/mol. The predicted molar refractivity (Wildman–Crippen MR) is 71.4 cm³/mol. The van der Waals surface area contributed by atoms with Crippen molar-refractivity contribution in [2.24, 2.45) is 0 Å². The highest BCUT2D eigenvalue weighted by Crippen LogP contribution is 2.16. The lowest BCUT2D eigenvalue weighted by Crippen LogP contribution is -2.04. The minimum Gasteiger partial charge on any atom is -0.396 e. The zero-order valence-electron chi connectivity index (χ0n) is 9.61. The Labute approximate surface area is 105 Å². The maximum absolute atomic E-state index is 8.61. The van der Waals surface area contributed by atoms with E-state index in [2.05, 4.69) is 22.4 Å². The summed E-state index contributed by atoms with van der Waals surface area (Å²) in [7, 11) is 0. The van der Waals surface area contributed by atoms with Gasteiger partial charge in [0.25, 0.3) is 0 Å². The van der Waals surface area contributed by atoms with Gasteiger partial charge in [-0.1, -0.05) is 18.3 Å². The summed E-state index contributed by atoms with van der Waals surface area (Å²) >= 11 is 3.49. The van der Waals surface area contributed by atoms with Gasteiger partial charge in [-0.25, -0.2) is 0 Å². The number of nitrogens with one attached hydrogen (secondary N) is 1. The maximum atomic E-state index is 8.61. The van der Waals surface area contributed by atoms with E-state index in [1.165, 1.54) is 0 Å². The number of anilines is 1. The van der Waals surface area contributed by atoms with Crippen LogP contribution in [-0.4, -0.2) is 40.0 Å². The molecule has 1 aromatic heterocycles. The van der Waals surface area contributed by atoms with Gasteiger partial charge in [-0.2, -0.15) is 11.8 Å². The highest BCUT2D eigenvalue weighted by Gasteiger charge is 2.01. The quantitative estimate of drug-likeness (QED) is 0.666. The molecule has 16 heavy (non-hydrogen) atoms. The maximum Gasteiger partial charge on any atom is 0.205 e. The first kappa shape index (κ1) is 13.7. The number of hydrogen-bond acceptors (Lipinski definition) is 6. The summed E-state index contributed by atoms with van der Waals surface area (Å²) in [5.41, 5.74) is 0. The van der Waals surface area contributed by atoms with E-state index in [0.717, 1.165) is 47.5 Å². The Morgan fingerprint density at radius 3 is 3.00 bits per heavy atom. The van der Waals surface area contributed by atoms with Gasteiger partial charge in [-0.15, -0.1) is 10.2 Å². The monoisotopic (exact) mass is 261 g/mol. The highest BCUT2D eigenvalue weighted by molar-refractivity contribution is 7.99. The first-order valence-corrected chi connectivity index (χ1v) is 7.58. The molecule has 0 aliphatic rings. The first-order valence-electron chi connectivity index (χ1n) is 5.61. The van der Waals surface area contributed by atoms with Gasteiger partial charge in [0.2, 0.25) is 5.13 Å². The molecular formula is C10H19N3OS2. The van der Waals surface area contributed by atoms with Crippen molar-refractivity contribution in [1.29, 1.82) is 0 Å².